The van der Waals surface area contributed by atoms with Gasteiger partial charge in [0, 0.05) is 16.7 Å². The Bertz CT molecular complexity index is 846. The molecule has 0 spiro atoms. The summed E-state index contributed by atoms with van der Waals surface area (Å²) in [7, 11) is 0. The maximum absolute atomic E-state index is 13.9. The highest BCUT2D eigenvalue weighted by Gasteiger charge is 2.13. The van der Waals surface area contributed by atoms with Gasteiger partial charge in [0.05, 0.1) is 5.69 Å². The van der Waals surface area contributed by atoms with E-state index in [9.17, 15) is 13.6 Å². The quantitative estimate of drug-likeness (QED) is 0.666. The summed E-state index contributed by atoms with van der Waals surface area (Å²) in [6.07, 6.45) is 0.548. The Kier molecular flexibility index (Phi) is 3.74. The summed E-state index contributed by atoms with van der Waals surface area (Å²) in [5.74, 6) is -0.864. The lowest BCUT2D eigenvalue weighted by Gasteiger charge is -2.09. The van der Waals surface area contributed by atoms with Gasteiger partial charge in [-0.3, -0.25) is 4.79 Å². The van der Waals surface area contributed by atoms with Crippen LogP contribution in [0.25, 0.3) is 22.4 Å². The third kappa shape index (κ3) is 2.51. The van der Waals surface area contributed by atoms with Crippen molar-refractivity contribution in [2.24, 2.45) is 0 Å². The van der Waals surface area contributed by atoms with Gasteiger partial charge in [-0.15, -0.1) is 0 Å². The minimum Gasteiger partial charge on any atom is -0.296 e. The van der Waals surface area contributed by atoms with E-state index in [1.165, 1.54) is 12.1 Å². The van der Waals surface area contributed by atoms with Crippen molar-refractivity contribution in [3.05, 3.63) is 78.0 Å². The van der Waals surface area contributed by atoms with Crippen molar-refractivity contribution in [3.8, 4) is 22.4 Å². The zero-order chi connectivity index (χ0) is 15.5. The molecule has 0 saturated heterocycles. The van der Waals surface area contributed by atoms with Crippen molar-refractivity contribution in [1.29, 1.82) is 0 Å². The number of hydrogen-bond donors (Lipinski definition) is 0. The van der Waals surface area contributed by atoms with E-state index in [1.807, 2.05) is 0 Å². The van der Waals surface area contributed by atoms with Gasteiger partial charge in [-0.05, 0) is 30.3 Å². The molecule has 1 aromatic heterocycles. The summed E-state index contributed by atoms with van der Waals surface area (Å²) >= 11 is 0. The molecule has 108 valence electrons. The fraction of sp³-hybridized carbons (Fsp3) is 0. The smallest absolute Gasteiger partial charge is 0.169 e. The lowest BCUT2D eigenvalue weighted by molar-refractivity contribution is 0.111. The first-order chi connectivity index (χ1) is 10.7. The molecule has 2 nitrogen and oxygen atoms in total. The van der Waals surface area contributed by atoms with E-state index in [0.29, 0.717) is 23.1 Å². The van der Waals surface area contributed by atoms with Crippen molar-refractivity contribution in [2.45, 2.75) is 0 Å². The molecule has 3 rings (SSSR count). The van der Waals surface area contributed by atoms with E-state index < -0.39 is 11.6 Å². The lowest BCUT2D eigenvalue weighted by atomic mass is 10.0. The zero-order valence-corrected chi connectivity index (χ0v) is 11.5. The third-order valence-electron chi connectivity index (χ3n) is 3.35. The fourth-order valence-corrected chi connectivity index (χ4v) is 2.29. The maximum Gasteiger partial charge on any atom is 0.169 e. The van der Waals surface area contributed by atoms with Crippen molar-refractivity contribution < 1.29 is 13.6 Å². The number of hydrogen-bond acceptors (Lipinski definition) is 2. The molecule has 0 radical (unpaired) electrons. The van der Waals surface area contributed by atoms with Crippen LogP contribution in [0.1, 0.15) is 10.5 Å². The first-order valence-corrected chi connectivity index (χ1v) is 6.66. The summed E-state index contributed by atoms with van der Waals surface area (Å²) in [6, 6.07) is 15.5. The van der Waals surface area contributed by atoms with Gasteiger partial charge in [0.15, 0.2) is 6.29 Å². The average molecular weight is 295 g/mol. The molecule has 0 amide bonds. The van der Waals surface area contributed by atoms with E-state index in [0.717, 1.165) is 0 Å². The van der Waals surface area contributed by atoms with Gasteiger partial charge in [-0.25, -0.2) is 13.8 Å². The number of rotatable bonds is 3. The van der Waals surface area contributed by atoms with Crippen molar-refractivity contribution in [3.63, 3.8) is 0 Å². The van der Waals surface area contributed by atoms with E-state index >= 15 is 0 Å². The number of nitrogens with zero attached hydrogens (tertiary/aromatic N) is 1. The van der Waals surface area contributed by atoms with Crippen LogP contribution in [-0.2, 0) is 0 Å². The van der Waals surface area contributed by atoms with Crippen LogP contribution in [-0.4, -0.2) is 11.3 Å². The highest BCUT2D eigenvalue weighted by Crippen LogP contribution is 2.28. The Morgan fingerprint density at radius 2 is 1.32 bits per heavy atom. The Morgan fingerprint density at radius 3 is 1.91 bits per heavy atom. The summed E-state index contributed by atoms with van der Waals surface area (Å²) < 4.78 is 27.7. The second-order valence-electron chi connectivity index (χ2n) is 4.71. The molecule has 22 heavy (non-hydrogen) atoms. The molecule has 2 aromatic carbocycles. The molecule has 0 aliphatic carbocycles. The Labute approximate surface area is 126 Å². The Hall–Kier alpha value is -2.88. The van der Waals surface area contributed by atoms with Crippen LogP contribution in [0.4, 0.5) is 8.78 Å². The first kappa shape index (κ1) is 14.1. The van der Waals surface area contributed by atoms with Crippen molar-refractivity contribution >= 4 is 6.29 Å². The van der Waals surface area contributed by atoms with E-state index in [-0.39, 0.29) is 11.3 Å². The molecular formula is C18H11F2NO. The minimum absolute atomic E-state index is 0.0749. The molecule has 3 aromatic rings. The molecule has 1 heterocycles. The first-order valence-electron chi connectivity index (χ1n) is 6.66. The van der Waals surface area contributed by atoms with Gasteiger partial charge in [-0.2, -0.15) is 0 Å². The van der Waals surface area contributed by atoms with Crippen molar-refractivity contribution in [1.82, 2.24) is 4.98 Å². The Balaban J connectivity index is 2.15. The summed E-state index contributed by atoms with van der Waals surface area (Å²) in [5.41, 5.74) is 1.38. The molecule has 0 aliphatic heterocycles. The molecular weight excluding hydrogens is 284 g/mol. The van der Waals surface area contributed by atoms with Gasteiger partial charge >= 0.3 is 0 Å². The molecule has 0 bridgehead atoms. The number of aldehydes is 1. The highest BCUT2D eigenvalue weighted by molar-refractivity contribution is 5.86. The fourth-order valence-electron chi connectivity index (χ4n) is 2.29. The van der Waals surface area contributed by atoms with Crippen LogP contribution < -0.4 is 0 Å². The third-order valence-corrected chi connectivity index (χ3v) is 3.35. The molecule has 0 N–H and O–H groups in total. The van der Waals surface area contributed by atoms with Crippen LogP contribution in [0.15, 0.2) is 60.7 Å². The standard InChI is InChI=1S/C18H11F2NO/c19-15-7-3-1-5-12(15)13-9-10-17(21-18(13)11-22)14-6-2-4-8-16(14)20/h1-11H. The van der Waals surface area contributed by atoms with Gasteiger partial charge in [-0.1, -0.05) is 30.3 Å². The molecule has 0 unspecified atom stereocenters. The van der Waals surface area contributed by atoms with Crippen LogP contribution in [0, 0.1) is 11.6 Å². The zero-order valence-electron chi connectivity index (χ0n) is 11.5. The number of benzene rings is 2. The summed E-state index contributed by atoms with van der Waals surface area (Å²) in [5, 5.41) is 0. The minimum atomic E-state index is -0.439. The van der Waals surface area contributed by atoms with Crippen LogP contribution >= 0.6 is 0 Å². The molecule has 4 heteroatoms. The van der Waals surface area contributed by atoms with Crippen LogP contribution in [0.3, 0.4) is 0 Å². The van der Waals surface area contributed by atoms with Gasteiger partial charge in [0.1, 0.15) is 17.3 Å². The largest absolute Gasteiger partial charge is 0.296 e. The predicted molar refractivity (Wildman–Crippen MR) is 80.4 cm³/mol. The molecule has 0 aliphatic rings. The van der Waals surface area contributed by atoms with E-state index in [2.05, 4.69) is 4.98 Å². The monoisotopic (exact) mass is 295 g/mol. The number of carbonyl (C=O) groups is 1. The SMILES string of the molecule is O=Cc1nc(-c2ccccc2F)ccc1-c1ccccc1F. The second kappa shape index (κ2) is 5.85. The average Bonchev–Trinajstić information content (AvgIpc) is 2.55. The lowest BCUT2D eigenvalue weighted by Crippen LogP contribution is -1.97. The summed E-state index contributed by atoms with van der Waals surface area (Å²) in [4.78, 5) is 15.5. The van der Waals surface area contributed by atoms with Gasteiger partial charge < -0.3 is 0 Å². The number of carbonyl (C=O) groups excluding carboxylic acids is 1. The highest BCUT2D eigenvalue weighted by atomic mass is 19.1. The van der Waals surface area contributed by atoms with Gasteiger partial charge in [0.25, 0.3) is 0 Å². The van der Waals surface area contributed by atoms with Crippen LogP contribution in [0.2, 0.25) is 0 Å². The number of halogens is 2. The predicted octanol–water partition coefficient (Wildman–Crippen LogP) is 4.51. The van der Waals surface area contributed by atoms with Crippen LogP contribution in [0.5, 0.6) is 0 Å². The normalized spacial score (nSPS) is 10.5. The summed E-state index contributed by atoms with van der Waals surface area (Å²) in [6.45, 7) is 0. The second-order valence-corrected chi connectivity index (χ2v) is 4.71. The number of pyridine rings is 1. The van der Waals surface area contributed by atoms with Crippen molar-refractivity contribution in [2.75, 3.05) is 0 Å². The number of aromatic nitrogens is 1. The molecule has 0 atom stereocenters. The Morgan fingerprint density at radius 1 is 0.727 bits per heavy atom. The van der Waals surface area contributed by atoms with E-state index in [1.54, 1.807) is 48.5 Å². The van der Waals surface area contributed by atoms with E-state index in [4.69, 9.17) is 0 Å². The molecule has 0 saturated carbocycles. The topological polar surface area (TPSA) is 30.0 Å². The maximum atomic E-state index is 13.9. The van der Waals surface area contributed by atoms with Gasteiger partial charge in [0.2, 0.25) is 0 Å². The molecule has 0 fully saturated rings.